The molecule has 5 N–H and O–H groups in total. The lowest BCUT2D eigenvalue weighted by molar-refractivity contribution is 0.284. The third-order valence-corrected chi connectivity index (χ3v) is 2.11. The second kappa shape index (κ2) is 4.97. The lowest BCUT2D eigenvalue weighted by Crippen LogP contribution is -2.05. The molecular formula is C8H13ClN4O. The number of rotatable bonds is 4. The van der Waals surface area contributed by atoms with Gasteiger partial charge in [0.15, 0.2) is 5.15 Å². The normalized spacial score (nSPS) is 10.4. The van der Waals surface area contributed by atoms with Crippen LogP contribution in [0.2, 0.25) is 5.15 Å². The number of hydrogen-bond acceptors (Lipinski definition) is 5. The van der Waals surface area contributed by atoms with Crippen LogP contribution in [0.4, 0.5) is 11.6 Å². The number of unbranched alkanes of at least 4 members (excludes halogenated alkanes) is 1. The van der Waals surface area contributed by atoms with E-state index >= 15 is 0 Å². The van der Waals surface area contributed by atoms with Crippen molar-refractivity contribution in [1.82, 2.24) is 9.97 Å². The highest BCUT2D eigenvalue weighted by molar-refractivity contribution is 6.32. The molecule has 1 aromatic rings. The smallest absolute Gasteiger partial charge is 0.221 e. The Morgan fingerprint density at radius 2 is 1.93 bits per heavy atom. The molecule has 14 heavy (non-hydrogen) atoms. The summed E-state index contributed by atoms with van der Waals surface area (Å²) in [6, 6.07) is 0. The van der Waals surface area contributed by atoms with Gasteiger partial charge in [0.25, 0.3) is 0 Å². The molecule has 0 atom stereocenters. The number of aliphatic hydroxyl groups excluding tert-OH is 1. The van der Waals surface area contributed by atoms with E-state index in [-0.39, 0.29) is 17.7 Å². The Hall–Kier alpha value is -1.07. The average Bonchev–Trinajstić information content (AvgIpc) is 2.13. The van der Waals surface area contributed by atoms with Gasteiger partial charge in [-0.1, -0.05) is 11.6 Å². The first-order chi connectivity index (χ1) is 6.65. The van der Waals surface area contributed by atoms with Crippen LogP contribution in [0.3, 0.4) is 0 Å². The van der Waals surface area contributed by atoms with Gasteiger partial charge in [-0.2, -0.15) is 4.98 Å². The molecule has 0 fully saturated rings. The van der Waals surface area contributed by atoms with Crippen LogP contribution in [0.15, 0.2) is 0 Å². The van der Waals surface area contributed by atoms with E-state index in [0.29, 0.717) is 24.2 Å². The zero-order chi connectivity index (χ0) is 10.6. The van der Waals surface area contributed by atoms with E-state index in [0.717, 1.165) is 6.42 Å². The second-order valence-corrected chi connectivity index (χ2v) is 3.27. The maximum atomic E-state index is 8.61. The quantitative estimate of drug-likeness (QED) is 0.506. The Kier molecular flexibility index (Phi) is 3.91. The van der Waals surface area contributed by atoms with Crippen LogP contribution in [0, 0.1) is 0 Å². The molecule has 0 aliphatic rings. The molecule has 0 saturated carbocycles. The van der Waals surface area contributed by atoms with Crippen LogP contribution in [0.25, 0.3) is 0 Å². The first kappa shape index (κ1) is 11.0. The summed E-state index contributed by atoms with van der Waals surface area (Å²) in [5, 5.41) is 8.80. The van der Waals surface area contributed by atoms with Crippen LogP contribution in [-0.4, -0.2) is 21.7 Å². The number of hydrogen-bond donors (Lipinski definition) is 3. The van der Waals surface area contributed by atoms with Crippen molar-refractivity contribution in [3.63, 3.8) is 0 Å². The van der Waals surface area contributed by atoms with Crippen LogP contribution in [-0.2, 0) is 6.42 Å². The molecule has 1 aromatic heterocycles. The monoisotopic (exact) mass is 216 g/mol. The molecule has 0 amide bonds. The molecule has 0 saturated heterocycles. The fraction of sp³-hybridized carbons (Fsp3) is 0.500. The van der Waals surface area contributed by atoms with Crippen molar-refractivity contribution in [3.05, 3.63) is 10.8 Å². The Morgan fingerprint density at radius 1 is 1.21 bits per heavy atom. The van der Waals surface area contributed by atoms with Gasteiger partial charge in [-0.05, 0) is 19.3 Å². The summed E-state index contributed by atoms with van der Waals surface area (Å²) >= 11 is 5.73. The SMILES string of the molecule is Nc1nc(Cl)c(N)c(CCCCO)n1. The maximum absolute atomic E-state index is 8.61. The molecule has 0 spiro atoms. The maximum Gasteiger partial charge on any atom is 0.221 e. The number of aryl methyl sites for hydroxylation is 1. The van der Waals surface area contributed by atoms with Crippen molar-refractivity contribution in [2.75, 3.05) is 18.1 Å². The molecule has 1 rings (SSSR count). The summed E-state index contributed by atoms with van der Waals surface area (Å²) in [6.45, 7) is 0.161. The molecule has 0 aliphatic carbocycles. The fourth-order valence-electron chi connectivity index (χ4n) is 1.10. The van der Waals surface area contributed by atoms with Gasteiger partial charge < -0.3 is 16.6 Å². The van der Waals surface area contributed by atoms with Crippen molar-refractivity contribution in [3.8, 4) is 0 Å². The number of nitrogens with zero attached hydrogens (tertiary/aromatic N) is 2. The summed E-state index contributed by atoms with van der Waals surface area (Å²) in [6.07, 6.45) is 2.16. The van der Waals surface area contributed by atoms with Crippen molar-refractivity contribution in [2.24, 2.45) is 0 Å². The van der Waals surface area contributed by atoms with E-state index in [4.69, 9.17) is 28.2 Å². The summed E-state index contributed by atoms with van der Waals surface area (Å²) in [5.41, 5.74) is 12.1. The van der Waals surface area contributed by atoms with E-state index in [1.165, 1.54) is 0 Å². The Labute approximate surface area is 87.1 Å². The standard InChI is InChI=1S/C8H13ClN4O/c9-7-6(10)5(3-1-2-4-14)12-8(11)13-7/h14H,1-4,10H2,(H2,11,12,13). The highest BCUT2D eigenvalue weighted by atomic mass is 35.5. The van der Waals surface area contributed by atoms with Crippen molar-refractivity contribution < 1.29 is 5.11 Å². The number of nitrogens with two attached hydrogens (primary N) is 2. The highest BCUT2D eigenvalue weighted by Crippen LogP contribution is 2.21. The van der Waals surface area contributed by atoms with Gasteiger partial charge in [0.05, 0.1) is 11.4 Å². The Morgan fingerprint density at radius 3 is 2.57 bits per heavy atom. The van der Waals surface area contributed by atoms with Gasteiger partial charge in [0.2, 0.25) is 5.95 Å². The van der Waals surface area contributed by atoms with Gasteiger partial charge in [0.1, 0.15) is 0 Å². The predicted molar refractivity (Wildman–Crippen MR) is 55.9 cm³/mol. The van der Waals surface area contributed by atoms with Crippen LogP contribution < -0.4 is 11.5 Å². The Balaban J connectivity index is 2.75. The third kappa shape index (κ3) is 2.71. The number of halogens is 1. The summed E-state index contributed by atoms with van der Waals surface area (Å²) < 4.78 is 0. The summed E-state index contributed by atoms with van der Waals surface area (Å²) in [5.74, 6) is 0.128. The lowest BCUT2D eigenvalue weighted by Gasteiger charge is -2.06. The summed E-state index contributed by atoms with van der Waals surface area (Å²) in [7, 11) is 0. The fourth-order valence-corrected chi connectivity index (χ4v) is 1.29. The minimum absolute atomic E-state index is 0.128. The molecule has 1 heterocycles. The van der Waals surface area contributed by atoms with Crippen LogP contribution in [0.5, 0.6) is 0 Å². The van der Waals surface area contributed by atoms with E-state index < -0.39 is 0 Å². The van der Waals surface area contributed by atoms with Gasteiger partial charge >= 0.3 is 0 Å². The van der Waals surface area contributed by atoms with Gasteiger partial charge in [-0.3, -0.25) is 0 Å². The lowest BCUT2D eigenvalue weighted by atomic mass is 10.2. The number of aliphatic hydroxyl groups is 1. The third-order valence-electron chi connectivity index (χ3n) is 1.82. The van der Waals surface area contributed by atoms with Crippen LogP contribution in [0.1, 0.15) is 18.5 Å². The van der Waals surface area contributed by atoms with E-state index in [2.05, 4.69) is 9.97 Å². The van der Waals surface area contributed by atoms with Gasteiger partial charge in [-0.15, -0.1) is 0 Å². The molecule has 5 nitrogen and oxygen atoms in total. The van der Waals surface area contributed by atoms with E-state index in [1.807, 2.05) is 0 Å². The molecule has 0 bridgehead atoms. The summed E-state index contributed by atoms with van der Waals surface area (Å²) in [4.78, 5) is 7.70. The van der Waals surface area contributed by atoms with E-state index in [9.17, 15) is 0 Å². The second-order valence-electron chi connectivity index (χ2n) is 2.91. The Bertz CT molecular complexity index is 318. The van der Waals surface area contributed by atoms with Gasteiger partial charge in [-0.25, -0.2) is 4.98 Å². The topological polar surface area (TPSA) is 98.0 Å². The number of aromatic nitrogens is 2. The molecule has 0 aromatic carbocycles. The largest absolute Gasteiger partial charge is 0.396 e. The first-order valence-electron chi connectivity index (χ1n) is 4.33. The minimum atomic E-state index is 0.128. The zero-order valence-corrected chi connectivity index (χ0v) is 8.46. The average molecular weight is 217 g/mol. The van der Waals surface area contributed by atoms with Crippen molar-refractivity contribution in [2.45, 2.75) is 19.3 Å². The first-order valence-corrected chi connectivity index (χ1v) is 4.71. The number of anilines is 2. The molecular weight excluding hydrogens is 204 g/mol. The minimum Gasteiger partial charge on any atom is -0.396 e. The van der Waals surface area contributed by atoms with E-state index in [1.54, 1.807) is 0 Å². The zero-order valence-electron chi connectivity index (χ0n) is 7.70. The highest BCUT2D eigenvalue weighted by Gasteiger charge is 2.07. The van der Waals surface area contributed by atoms with Crippen molar-refractivity contribution in [1.29, 1.82) is 0 Å². The predicted octanol–water partition coefficient (Wildman–Crippen LogP) is 0.609. The van der Waals surface area contributed by atoms with Gasteiger partial charge in [0, 0.05) is 6.61 Å². The molecule has 0 aliphatic heterocycles. The molecule has 0 radical (unpaired) electrons. The van der Waals surface area contributed by atoms with Crippen molar-refractivity contribution >= 4 is 23.2 Å². The van der Waals surface area contributed by atoms with Crippen LogP contribution >= 0.6 is 11.6 Å². The number of nitrogen functional groups attached to an aromatic ring is 2. The molecule has 6 heteroatoms. The molecule has 78 valence electrons. The molecule has 0 unspecified atom stereocenters.